The Morgan fingerprint density at radius 3 is 2.66 bits per heavy atom. The van der Waals surface area contributed by atoms with Gasteiger partial charge in [-0.15, -0.1) is 10.2 Å². The topological polar surface area (TPSA) is 61.4 Å². The molecule has 2 aliphatic rings. The molecular weight excluding hydrogens is 409 g/mol. The Bertz CT molecular complexity index is 819. The zero-order chi connectivity index (χ0) is 20.1. The van der Waals surface area contributed by atoms with Crippen molar-refractivity contribution in [3.8, 4) is 0 Å². The molecule has 1 saturated heterocycles. The normalized spacial score (nSPS) is 18.1. The third-order valence-corrected chi connectivity index (χ3v) is 7.46. The molecule has 156 valence electrons. The maximum absolute atomic E-state index is 13.9. The van der Waals surface area contributed by atoms with Gasteiger partial charge in [0.15, 0.2) is 4.34 Å². The van der Waals surface area contributed by atoms with E-state index in [4.69, 9.17) is 0 Å². The number of nitrogens with one attached hydrogen (secondary N) is 1. The Morgan fingerprint density at radius 1 is 1.14 bits per heavy atom. The van der Waals surface area contributed by atoms with Gasteiger partial charge in [-0.1, -0.05) is 54.5 Å². The van der Waals surface area contributed by atoms with E-state index in [1.165, 1.54) is 61.3 Å². The van der Waals surface area contributed by atoms with Crippen LogP contribution in [0.5, 0.6) is 0 Å². The zero-order valence-corrected chi connectivity index (χ0v) is 18.0. The molecule has 1 aromatic carbocycles. The van der Waals surface area contributed by atoms with E-state index < -0.39 is 0 Å². The summed E-state index contributed by atoms with van der Waals surface area (Å²) in [5.41, 5.74) is 0.612. The zero-order valence-electron chi connectivity index (χ0n) is 16.3. The van der Waals surface area contributed by atoms with E-state index in [2.05, 4.69) is 15.5 Å². The fourth-order valence-electron chi connectivity index (χ4n) is 3.87. The highest BCUT2D eigenvalue weighted by Crippen LogP contribution is 2.28. The van der Waals surface area contributed by atoms with E-state index in [1.807, 2.05) is 15.9 Å². The van der Waals surface area contributed by atoms with Gasteiger partial charge in [-0.05, 0) is 25.0 Å². The molecule has 2 aromatic rings. The van der Waals surface area contributed by atoms with Crippen LogP contribution in [0.2, 0.25) is 0 Å². The van der Waals surface area contributed by atoms with Crippen LogP contribution in [0.4, 0.5) is 15.2 Å². The molecule has 9 heteroatoms. The molecule has 1 amide bonds. The van der Waals surface area contributed by atoms with Crippen LogP contribution in [-0.4, -0.2) is 59.0 Å². The van der Waals surface area contributed by atoms with Crippen molar-refractivity contribution in [3.05, 3.63) is 30.1 Å². The van der Waals surface area contributed by atoms with Crippen molar-refractivity contribution in [2.45, 2.75) is 42.5 Å². The van der Waals surface area contributed by atoms with Crippen molar-refractivity contribution in [1.29, 1.82) is 0 Å². The summed E-state index contributed by atoms with van der Waals surface area (Å²) < 4.78 is 14.8. The van der Waals surface area contributed by atoms with Gasteiger partial charge in [-0.25, -0.2) is 4.39 Å². The third-order valence-electron chi connectivity index (χ3n) is 5.48. The number of aromatic nitrogens is 2. The molecule has 2 heterocycles. The second kappa shape index (κ2) is 9.75. The van der Waals surface area contributed by atoms with Crippen LogP contribution in [0.25, 0.3) is 0 Å². The van der Waals surface area contributed by atoms with Gasteiger partial charge in [0.1, 0.15) is 5.82 Å². The van der Waals surface area contributed by atoms with Crippen molar-refractivity contribution in [1.82, 2.24) is 15.1 Å². The van der Waals surface area contributed by atoms with Crippen LogP contribution < -0.4 is 10.2 Å². The Morgan fingerprint density at radius 2 is 1.90 bits per heavy atom. The number of rotatable bonds is 6. The highest BCUT2D eigenvalue weighted by Gasteiger charge is 2.23. The van der Waals surface area contributed by atoms with Gasteiger partial charge in [0, 0.05) is 32.2 Å². The average molecular weight is 436 g/mol. The Balaban J connectivity index is 1.22. The molecule has 1 aliphatic carbocycles. The van der Waals surface area contributed by atoms with Crippen LogP contribution in [0, 0.1) is 5.82 Å². The number of carbonyl (C=O) groups excluding carboxylic acids is 1. The predicted octanol–water partition coefficient (Wildman–Crippen LogP) is 3.86. The largest absolute Gasteiger partial charge is 0.366 e. The first-order chi connectivity index (χ1) is 14.2. The summed E-state index contributed by atoms with van der Waals surface area (Å²) in [6.45, 7) is 2.51. The van der Waals surface area contributed by atoms with Gasteiger partial charge in [0.25, 0.3) is 0 Å². The van der Waals surface area contributed by atoms with Crippen molar-refractivity contribution < 1.29 is 9.18 Å². The summed E-state index contributed by atoms with van der Waals surface area (Å²) in [7, 11) is 0. The maximum atomic E-state index is 13.9. The summed E-state index contributed by atoms with van der Waals surface area (Å²) in [6, 6.07) is 7.30. The number of para-hydroxylation sites is 1. The van der Waals surface area contributed by atoms with Crippen molar-refractivity contribution in [2.24, 2.45) is 0 Å². The first kappa shape index (κ1) is 20.4. The third kappa shape index (κ3) is 5.39. The molecule has 0 bridgehead atoms. The van der Waals surface area contributed by atoms with Crippen LogP contribution >= 0.6 is 23.1 Å². The van der Waals surface area contributed by atoms with Crippen molar-refractivity contribution in [2.75, 3.05) is 42.1 Å². The molecule has 1 aliphatic heterocycles. The van der Waals surface area contributed by atoms with Gasteiger partial charge in [0.05, 0.1) is 11.4 Å². The van der Waals surface area contributed by atoms with Crippen LogP contribution in [0.15, 0.2) is 28.6 Å². The second-order valence-electron chi connectivity index (χ2n) is 7.46. The molecule has 0 radical (unpaired) electrons. The number of hydrogen-bond donors (Lipinski definition) is 1. The second-order valence-corrected chi connectivity index (χ2v) is 9.66. The fraction of sp³-hybridized carbons (Fsp3) is 0.550. The number of anilines is 2. The lowest BCUT2D eigenvalue weighted by Crippen LogP contribution is -2.49. The van der Waals surface area contributed by atoms with Crippen molar-refractivity contribution in [3.63, 3.8) is 0 Å². The number of halogens is 1. The molecule has 29 heavy (non-hydrogen) atoms. The molecule has 0 spiro atoms. The van der Waals surface area contributed by atoms with E-state index in [9.17, 15) is 9.18 Å². The number of hydrogen-bond acceptors (Lipinski definition) is 7. The van der Waals surface area contributed by atoms with Gasteiger partial charge >= 0.3 is 0 Å². The maximum Gasteiger partial charge on any atom is 0.233 e. The smallest absolute Gasteiger partial charge is 0.233 e. The van der Waals surface area contributed by atoms with Crippen LogP contribution in [0.3, 0.4) is 0 Å². The van der Waals surface area contributed by atoms with Crippen molar-refractivity contribution >= 4 is 39.8 Å². The number of nitrogens with zero attached hydrogens (tertiary/aromatic N) is 4. The molecule has 2 fully saturated rings. The Labute approximate surface area is 178 Å². The standard InChI is InChI=1S/C20H26FN5OS2/c21-16-8-4-5-9-17(16)25-10-12-26(13-11-25)18(27)14-28-20-24-23-19(29-20)22-15-6-2-1-3-7-15/h4-5,8-9,15H,1-3,6-7,10-14H2,(H,22,23). The lowest BCUT2D eigenvalue weighted by Gasteiger charge is -2.36. The molecule has 0 unspecified atom stereocenters. The average Bonchev–Trinajstić information content (AvgIpc) is 3.20. The Hall–Kier alpha value is -1.87. The summed E-state index contributed by atoms with van der Waals surface area (Å²) >= 11 is 2.97. The van der Waals surface area contributed by atoms with E-state index in [0.717, 1.165) is 9.47 Å². The van der Waals surface area contributed by atoms with E-state index in [1.54, 1.807) is 12.1 Å². The summed E-state index contributed by atoms with van der Waals surface area (Å²) in [5, 5.41) is 12.8. The van der Waals surface area contributed by atoms with E-state index >= 15 is 0 Å². The highest BCUT2D eigenvalue weighted by molar-refractivity contribution is 8.01. The summed E-state index contributed by atoms with van der Waals surface area (Å²) in [6.07, 6.45) is 6.26. The lowest BCUT2D eigenvalue weighted by atomic mass is 9.96. The minimum Gasteiger partial charge on any atom is -0.366 e. The molecule has 4 rings (SSSR count). The minimum atomic E-state index is -0.211. The predicted molar refractivity (Wildman–Crippen MR) is 116 cm³/mol. The van der Waals surface area contributed by atoms with Gasteiger partial charge in [-0.2, -0.15) is 0 Å². The van der Waals surface area contributed by atoms with Gasteiger partial charge < -0.3 is 15.1 Å². The highest BCUT2D eigenvalue weighted by atomic mass is 32.2. The molecule has 1 saturated carbocycles. The molecule has 6 nitrogen and oxygen atoms in total. The quantitative estimate of drug-likeness (QED) is 0.695. The SMILES string of the molecule is O=C(CSc1nnc(NC2CCCCC2)s1)N1CCN(c2ccccc2F)CC1. The first-order valence-corrected chi connectivity index (χ1v) is 12.0. The Kier molecular flexibility index (Phi) is 6.86. The first-order valence-electron chi connectivity index (χ1n) is 10.2. The van der Waals surface area contributed by atoms with Crippen LogP contribution in [-0.2, 0) is 4.79 Å². The minimum absolute atomic E-state index is 0.0974. The molecular formula is C20H26FN5OS2. The van der Waals surface area contributed by atoms with Gasteiger partial charge in [-0.3, -0.25) is 4.79 Å². The number of carbonyl (C=O) groups is 1. The lowest BCUT2D eigenvalue weighted by molar-refractivity contribution is -0.128. The number of thioether (sulfide) groups is 1. The number of benzene rings is 1. The van der Waals surface area contributed by atoms with E-state index in [-0.39, 0.29) is 11.7 Å². The monoisotopic (exact) mass is 435 g/mol. The number of piperazine rings is 1. The van der Waals surface area contributed by atoms with Gasteiger partial charge in [0.2, 0.25) is 11.0 Å². The fourth-order valence-corrected chi connectivity index (χ4v) is 5.60. The number of amides is 1. The van der Waals surface area contributed by atoms with E-state index in [0.29, 0.717) is 43.7 Å². The molecule has 0 atom stereocenters. The van der Waals surface area contributed by atoms with Crippen LogP contribution in [0.1, 0.15) is 32.1 Å². The summed E-state index contributed by atoms with van der Waals surface area (Å²) in [4.78, 5) is 16.4. The molecule has 1 N–H and O–H groups in total. The molecule has 1 aromatic heterocycles. The summed E-state index contributed by atoms with van der Waals surface area (Å²) in [5.74, 6) is 0.245.